The second-order valence-electron chi connectivity index (χ2n) is 7.32. The topological polar surface area (TPSA) is 23.6 Å². The van der Waals surface area contributed by atoms with Gasteiger partial charge in [-0.25, -0.2) is 4.39 Å². The molecule has 1 amide bonds. The number of nitrogens with zero attached hydrogens (tertiary/aromatic N) is 2. The third-order valence-electron chi connectivity index (χ3n) is 5.43. The second-order valence-corrected chi connectivity index (χ2v) is 8.16. The van der Waals surface area contributed by atoms with Crippen LogP contribution in [-0.2, 0) is 0 Å². The van der Waals surface area contributed by atoms with Crippen LogP contribution in [0, 0.1) is 5.82 Å². The van der Waals surface area contributed by atoms with Gasteiger partial charge in [-0.2, -0.15) is 0 Å². The van der Waals surface area contributed by atoms with E-state index in [1.165, 1.54) is 12.1 Å². The van der Waals surface area contributed by atoms with Crippen LogP contribution in [0.25, 0.3) is 0 Å². The maximum absolute atomic E-state index is 13.5. The molecule has 30 heavy (non-hydrogen) atoms. The maximum atomic E-state index is 13.5. The van der Waals surface area contributed by atoms with Gasteiger partial charge in [0.25, 0.3) is 5.91 Å². The standard InChI is InChI=1S/C24H21Cl2FN2O/c25-19-8-11-21(22(26)16-19)24(30)29-14-12-28(13-15-29)23(17-4-2-1-3-5-17)18-6-9-20(27)10-7-18/h1-11,16,23H,12-15H2/t23-/m1/s1. The molecule has 4 rings (SSSR count). The highest BCUT2D eigenvalue weighted by Crippen LogP contribution is 2.30. The van der Waals surface area contributed by atoms with Crippen molar-refractivity contribution >= 4 is 29.1 Å². The third-order valence-corrected chi connectivity index (χ3v) is 5.98. The monoisotopic (exact) mass is 442 g/mol. The average molecular weight is 443 g/mol. The van der Waals surface area contributed by atoms with Crippen LogP contribution < -0.4 is 0 Å². The van der Waals surface area contributed by atoms with E-state index in [1.54, 1.807) is 18.2 Å². The first-order valence-electron chi connectivity index (χ1n) is 9.82. The van der Waals surface area contributed by atoms with Crippen LogP contribution in [0.15, 0.2) is 72.8 Å². The van der Waals surface area contributed by atoms with E-state index in [4.69, 9.17) is 23.2 Å². The van der Waals surface area contributed by atoms with Crippen molar-refractivity contribution in [3.05, 3.63) is 105 Å². The summed E-state index contributed by atoms with van der Waals surface area (Å²) in [6.45, 7) is 2.58. The Morgan fingerprint density at radius 3 is 2.10 bits per heavy atom. The number of carbonyl (C=O) groups excluding carboxylic acids is 1. The predicted octanol–water partition coefficient (Wildman–Crippen LogP) is 5.68. The zero-order chi connectivity index (χ0) is 21.1. The number of hydrogen-bond donors (Lipinski definition) is 0. The van der Waals surface area contributed by atoms with Gasteiger partial charge in [-0.15, -0.1) is 0 Å². The minimum atomic E-state index is -0.249. The fourth-order valence-electron chi connectivity index (χ4n) is 3.91. The van der Waals surface area contributed by atoms with Crippen LogP contribution in [0.5, 0.6) is 0 Å². The van der Waals surface area contributed by atoms with Gasteiger partial charge in [-0.1, -0.05) is 65.7 Å². The Morgan fingerprint density at radius 2 is 1.47 bits per heavy atom. The van der Waals surface area contributed by atoms with Crippen LogP contribution in [0.1, 0.15) is 27.5 Å². The molecule has 3 nitrogen and oxygen atoms in total. The largest absolute Gasteiger partial charge is 0.336 e. The predicted molar refractivity (Wildman–Crippen MR) is 119 cm³/mol. The number of amides is 1. The number of hydrogen-bond acceptors (Lipinski definition) is 2. The van der Waals surface area contributed by atoms with E-state index in [2.05, 4.69) is 17.0 Å². The van der Waals surface area contributed by atoms with E-state index >= 15 is 0 Å². The Morgan fingerprint density at radius 1 is 0.833 bits per heavy atom. The number of piperazine rings is 1. The molecule has 1 aliphatic rings. The van der Waals surface area contributed by atoms with Crippen LogP contribution in [0.4, 0.5) is 4.39 Å². The molecule has 154 valence electrons. The molecule has 3 aromatic rings. The molecule has 0 bridgehead atoms. The van der Waals surface area contributed by atoms with E-state index in [9.17, 15) is 9.18 Å². The molecule has 1 heterocycles. The van der Waals surface area contributed by atoms with E-state index in [1.807, 2.05) is 35.2 Å². The van der Waals surface area contributed by atoms with Crippen molar-refractivity contribution in [3.63, 3.8) is 0 Å². The van der Waals surface area contributed by atoms with Crippen LogP contribution in [0.3, 0.4) is 0 Å². The van der Waals surface area contributed by atoms with Gasteiger partial charge in [0.1, 0.15) is 5.82 Å². The average Bonchev–Trinajstić information content (AvgIpc) is 2.76. The normalized spacial score (nSPS) is 15.8. The first kappa shape index (κ1) is 20.9. The zero-order valence-electron chi connectivity index (χ0n) is 16.3. The van der Waals surface area contributed by atoms with Crippen molar-refractivity contribution in [2.24, 2.45) is 0 Å². The van der Waals surface area contributed by atoms with Gasteiger partial charge in [-0.05, 0) is 41.5 Å². The lowest BCUT2D eigenvalue weighted by molar-refractivity contribution is 0.0597. The van der Waals surface area contributed by atoms with Gasteiger partial charge >= 0.3 is 0 Å². The Kier molecular flexibility index (Phi) is 6.38. The molecule has 6 heteroatoms. The molecule has 0 spiro atoms. The zero-order valence-corrected chi connectivity index (χ0v) is 17.8. The molecule has 1 aliphatic heterocycles. The summed E-state index contributed by atoms with van der Waals surface area (Å²) in [7, 11) is 0. The smallest absolute Gasteiger partial charge is 0.255 e. The first-order valence-corrected chi connectivity index (χ1v) is 10.6. The summed E-state index contributed by atoms with van der Waals surface area (Å²) in [6.07, 6.45) is 0. The van der Waals surface area contributed by atoms with Crippen molar-refractivity contribution in [1.29, 1.82) is 0 Å². The first-order chi connectivity index (χ1) is 14.5. The number of halogens is 3. The lowest BCUT2D eigenvalue weighted by Crippen LogP contribution is -2.49. The Labute approximate surface area is 185 Å². The highest BCUT2D eigenvalue weighted by molar-refractivity contribution is 6.36. The van der Waals surface area contributed by atoms with Gasteiger partial charge in [0, 0.05) is 31.2 Å². The van der Waals surface area contributed by atoms with E-state index in [0.717, 1.165) is 11.1 Å². The molecular weight excluding hydrogens is 422 g/mol. The molecule has 0 radical (unpaired) electrons. The van der Waals surface area contributed by atoms with Gasteiger partial charge in [0.15, 0.2) is 0 Å². The summed E-state index contributed by atoms with van der Waals surface area (Å²) in [5, 5.41) is 0.870. The highest BCUT2D eigenvalue weighted by atomic mass is 35.5. The molecule has 1 saturated heterocycles. The van der Waals surface area contributed by atoms with Crippen molar-refractivity contribution in [2.45, 2.75) is 6.04 Å². The summed E-state index contributed by atoms with van der Waals surface area (Å²) in [5.74, 6) is -0.338. The summed E-state index contributed by atoms with van der Waals surface area (Å²) in [4.78, 5) is 17.1. The van der Waals surface area contributed by atoms with Crippen molar-refractivity contribution in [3.8, 4) is 0 Å². The Hall–Kier alpha value is -2.40. The van der Waals surface area contributed by atoms with Gasteiger partial charge < -0.3 is 4.90 Å². The molecule has 3 aromatic carbocycles. The number of benzene rings is 3. The van der Waals surface area contributed by atoms with Crippen LogP contribution in [0.2, 0.25) is 10.0 Å². The lowest BCUT2D eigenvalue weighted by Gasteiger charge is -2.40. The molecule has 0 unspecified atom stereocenters. The third kappa shape index (κ3) is 4.51. The van der Waals surface area contributed by atoms with Gasteiger partial charge in [-0.3, -0.25) is 9.69 Å². The summed E-state index contributed by atoms with van der Waals surface area (Å²) in [6, 6.07) is 21.8. The fourth-order valence-corrected chi connectivity index (χ4v) is 4.40. The number of rotatable bonds is 4. The molecule has 0 aliphatic carbocycles. The van der Waals surface area contributed by atoms with Crippen LogP contribution >= 0.6 is 23.2 Å². The maximum Gasteiger partial charge on any atom is 0.255 e. The van der Waals surface area contributed by atoms with E-state index < -0.39 is 0 Å². The second kappa shape index (κ2) is 9.17. The van der Waals surface area contributed by atoms with Crippen molar-refractivity contribution in [2.75, 3.05) is 26.2 Å². The van der Waals surface area contributed by atoms with Crippen molar-refractivity contribution < 1.29 is 9.18 Å². The lowest BCUT2D eigenvalue weighted by atomic mass is 9.96. The minimum absolute atomic E-state index is 0.00294. The van der Waals surface area contributed by atoms with Crippen LogP contribution in [-0.4, -0.2) is 41.9 Å². The van der Waals surface area contributed by atoms with Crippen molar-refractivity contribution in [1.82, 2.24) is 9.80 Å². The van der Waals surface area contributed by atoms with Gasteiger partial charge in [0.2, 0.25) is 0 Å². The Bertz CT molecular complexity index is 1020. The quantitative estimate of drug-likeness (QED) is 0.518. The molecule has 0 aromatic heterocycles. The van der Waals surface area contributed by atoms with E-state index in [0.29, 0.717) is 41.8 Å². The molecule has 1 atom stereocenters. The fraction of sp³-hybridized carbons (Fsp3) is 0.208. The molecule has 1 fully saturated rings. The summed E-state index contributed by atoms with van der Waals surface area (Å²) >= 11 is 12.2. The molecular formula is C24H21Cl2FN2O. The summed E-state index contributed by atoms with van der Waals surface area (Å²) < 4.78 is 13.5. The Balaban J connectivity index is 1.53. The molecule has 0 N–H and O–H groups in total. The van der Waals surface area contributed by atoms with E-state index in [-0.39, 0.29) is 17.8 Å². The molecule has 0 saturated carbocycles. The SMILES string of the molecule is O=C(c1ccc(Cl)cc1Cl)N1CCN([C@H](c2ccccc2)c2ccc(F)cc2)CC1. The highest BCUT2D eigenvalue weighted by Gasteiger charge is 2.29. The van der Waals surface area contributed by atoms with Gasteiger partial charge in [0.05, 0.1) is 16.6 Å². The number of carbonyl (C=O) groups is 1. The summed E-state index contributed by atoms with van der Waals surface area (Å²) in [5.41, 5.74) is 2.64. The minimum Gasteiger partial charge on any atom is -0.336 e.